The Morgan fingerprint density at radius 2 is 1.90 bits per heavy atom. The molecule has 6 heteroatoms. The number of hydrogen-bond donors (Lipinski definition) is 0. The Hall–Kier alpha value is -2.57. The highest BCUT2D eigenvalue weighted by Crippen LogP contribution is 2.45. The number of aryl methyl sites for hydroxylation is 1. The molecule has 0 N–H and O–H groups in total. The third-order valence-corrected chi connectivity index (χ3v) is 7.42. The predicted molar refractivity (Wildman–Crippen MR) is 126 cm³/mol. The number of fused-ring (bicyclic) bond motifs is 2. The zero-order valence-electron chi connectivity index (χ0n) is 17.4. The Morgan fingerprint density at radius 1 is 1.13 bits per heavy atom. The lowest BCUT2D eigenvalue weighted by Gasteiger charge is -2.14. The number of carbonyl (C=O) groups is 1. The Kier molecular flexibility index (Phi) is 6.25. The molecule has 4 nitrogen and oxygen atoms in total. The SMILES string of the molecule is CCOC(=O)CCC(=C\c1sc2ccccc2[n+]1C)/C=C1/Sc2ccccc2N1C. The molecule has 0 unspecified atom stereocenters. The second-order valence-electron chi connectivity index (χ2n) is 7.10. The Morgan fingerprint density at radius 3 is 2.67 bits per heavy atom. The molecule has 30 heavy (non-hydrogen) atoms. The predicted octanol–water partition coefficient (Wildman–Crippen LogP) is 5.54. The van der Waals surface area contributed by atoms with E-state index in [1.54, 1.807) is 23.1 Å². The number of rotatable bonds is 6. The second kappa shape index (κ2) is 9.06. The number of allylic oxidation sites excluding steroid dienone is 2. The minimum atomic E-state index is -0.154. The van der Waals surface area contributed by atoms with Gasteiger partial charge in [-0.2, -0.15) is 4.57 Å². The highest BCUT2D eigenvalue weighted by atomic mass is 32.2. The van der Waals surface area contributed by atoms with Gasteiger partial charge in [0.1, 0.15) is 11.7 Å². The van der Waals surface area contributed by atoms with Crippen LogP contribution in [0, 0.1) is 0 Å². The maximum Gasteiger partial charge on any atom is 0.306 e. The van der Waals surface area contributed by atoms with Crippen LogP contribution in [-0.2, 0) is 16.6 Å². The first-order valence-corrected chi connectivity index (χ1v) is 11.7. The molecule has 0 fully saturated rings. The number of nitrogens with zero attached hydrogens (tertiary/aromatic N) is 2. The zero-order chi connectivity index (χ0) is 21.1. The van der Waals surface area contributed by atoms with E-state index in [1.165, 1.54) is 20.8 Å². The fourth-order valence-electron chi connectivity index (χ4n) is 3.48. The fourth-order valence-corrected chi connectivity index (χ4v) is 5.73. The first kappa shape index (κ1) is 20.7. The molecule has 0 amide bonds. The van der Waals surface area contributed by atoms with Gasteiger partial charge in [0.2, 0.25) is 5.52 Å². The maximum absolute atomic E-state index is 12.0. The maximum atomic E-state index is 12.0. The molecular formula is C24H25N2O2S2+. The Bertz CT molecular complexity index is 1150. The van der Waals surface area contributed by atoms with E-state index in [1.807, 2.05) is 6.92 Å². The smallest absolute Gasteiger partial charge is 0.306 e. The van der Waals surface area contributed by atoms with Crippen molar-refractivity contribution in [2.45, 2.75) is 24.7 Å². The summed E-state index contributed by atoms with van der Waals surface area (Å²) in [6.07, 6.45) is 5.42. The number of thioether (sulfide) groups is 1. The van der Waals surface area contributed by atoms with Gasteiger partial charge in [-0.15, -0.1) is 0 Å². The number of esters is 1. The van der Waals surface area contributed by atoms with Gasteiger partial charge in [0.05, 0.1) is 17.3 Å². The molecule has 0 radical (unpaired) electrons. The molecule has 0 bridgehead atoms. The van der Waals surface area contributed by atoms with E-state index >= 15 is 0 Å². The van der Waals surface area contributed by atoms with Crippen molar-refractivity contribution in [3.05, 3.63) is 70.2 Å². The Balaban J connectivity index is 1.68. The summed E-state index contributed by atoms with van der Waals surface area (Å²) in [4.78, 5) is 15.5. The van der Waals surface area contributed by atoms with Crippen LogP contribution in [-0.4, -0.2) is 19.6 Å². The molecule has 2 heterocycles. The van der Waals surface area contributed by atoms with Gasteiger partial charge in [-0.1, -0.05) is 47.4 Å². The second-order valence-corrected chi connectivity index (χ2v) is 9.23. The number of anilines is 1. The summed E-state index contributed by atoms with van der Waals surface area (Å²) < 4.78 is 8.62. The number of benzene rings is 2. The van der Waals surface area contributed by atoms with Crippen LogP contribution in [0.3, 0.4) is 0 Å². The third kappa shape index (κ3) is 4.30. The highest BCUT2D eigenvalue weighted by molar-refractivity contribution is 8.03. The van der Waals surface area contributed by atoms with Crippen LogP contribution in [0.25, 0.3) is 16.3 Å². The van der Waals surface area contributed by atoms with Crippen molar-refractivity contribution in [2.24, 2.45) is 7.05 Å². The molecule has 1 aliphatic rings. The summed E-state index contributed by atoms with van der Waals surface area (Å²) in [6, 6.07) is 16.8. The van der Waals surface area contributed by atoms with Crippen molar-refractivity contribution in [2.75, 3.05) is 18.6 Å². The summed E-state index contributed by atoms with van der Waals surface area (Å²) in [5.74, 6) is -0.154. The molecule has 1 aliphatic heterocycles. The molecule has 1 aromatic heterocycles. The number of thiazole rings is 1. The van der Waals surface area contributed by atoms with Crippen LogP contribution in [0.15, 0.2) is 70.1 Å². The summed E-state index contributed by atoms with van der Waals surface area (Å²) in [5, 5.41) is 2.32. The van der Waals surface area contributed by atoms with Gasteiger partial charge in [0.25, 0.3) is 5.01 Å². The van der Waals surface area contributed by atoms with Crippen molar-refractivity contribution in [1.29, 1.82) is 0 Å². The van der Waals surface area contributed by atoms with E-state index < -0.39 is 0 Å². The van der Waals surface area contributed by atoms with Crippen molar-refractivity contribution >= 4 is 51.0 Å². The molecule has 0 atom stereocenters. The van der Waals surface area contributed by atoms with E-state index in [2.05, 4.69) is 84.2 Å². The first-order chi connectivity index (χ1) is 14.6. The van der Waals surface area contributed by atoms with E-state index in [0.717, 1.165) is 15.6 Å². The van der Waals surface area contributed by atoms with Crippen LogP contribution in [0.2, 0.25) is 0 Å². The molecule has 4 rings (SSSR count). The monoisotopic (exact) mass is 437 g/mol. The van der Waals surface area contributed by atoms with Crippen LogP contribution < -0.4 is 9.47 Å². The van der Waals surface area contributed by atoms with Gasteiger partial charge < -0.3 is 9.64 Å². The number of hydrogen-bond acceptors (Lipinski definition) is 5. The topological polar surface area (TPSA) is 33.4 Å². The van der Waals surface area contributed by atoms with E-state index in [-0.39, 0.29) is 5.97 Å². The van der Waals surface area contributed by atoms with Crippen molar-refractivity contribution in [3.8, 4) is 0 Å². The quantitative estimate of drug-likeness (QED) is 0.375. The summed E-state index contributed by atoms with van der Waals surface area (Å²) >= 11 is 3.53. The molecule has 0 aliphatic carbocycles. The number of ether oxygens (including phenoxy) is 1. The van der Waals surface area contributed by atoms with E-state index in [4.69, 9.17) is 4.74 Å². The fraction of sp³-hybridized carbons (Fsp3) is 0.250. The number of carbonyl (C=O) groups excluding carboxylic acids is 1. The molecular weight excluding hydrogens is 412 g/mol. The summed E-state index contributed by atoms with van der Waals surface area (Å²) in [7, 11) is 4.18. The summed E-state index contributed by atoms with van der Waals surface area (Å²) in [6.45, 7) is 2.26. The molecule has 2 aromatic carbocycles. The van der Waals surface area contributed by atoms with Gasteiger partial charge in [-0.3, -0.25) is 4.79 Å². The molecule has 0 saturated heterocycles. The van der Waals surface area contributed by atoms with Gasteiger partial charge in [0.15, 0.2) is 0 Å². The average molecular weight is 438 g/mol. The zero-order valence-corrected chi connectivity index (χ0v) is 19.1. The molecule has 0 saturated carbocycles. The van der Waals surface area contributed by atoms with Crippen molar-refractivity contribution in [3.63, 3.8) is 0 Å². The molecule has 0 spiro atoms. The third-order valence-electron chi connectivity index (χ3n) is 5.08. The van der Waals surface area contributed by atoms with E-state index in [0.29, 0.717) is 19.4 Å². The number of para-hydroxylation sites is 2. The highest BCUT2D eigenvalue weighted by Gasteiger charge is 2.22. The van der Waals surface area contributed by atoms with E-state index in [9.17, 15) is 4.79 Å². The molecule has 154 valence electrons. The van der Waals surface area contributed by atoms with Crippen molar-refractivity contribution < 1.29 is 14.1 Å². The lowest BCUT2D eigenvalue weighted by molar-refractivity contribution is -0.642. The first-order valence-electron chi connectivity index (χ1n) is 10.0. The van der Waals surface area contributed by atoms with Gasteiger partial charge in [-0.25, -0.2) is 0 Å². The minimum absolute atomic E-state index is 0.154. The Labute approximate surface area is 185 Å². The normalized spacial score (nSPS) is 15.1. The lowest BCUT2D eigenvalue weighted by Crippen LogP contribution is -2.28. The lowest BCUT2D eigenvalue weighted by atomic mass is 10.1. The largest absolute Gasteiger partial charge is 0.466 e. The minimum Gasteiger partial charge on any atom is -0.466 e. The number of aromatic nitrogens is 1. The van der Waals surface area contributed by atoms with Crippen LogP contribution >= 0.6 is 23.1 Å². The van der Waals surface area contributed by atoms with Crippen LogP contribution in [0.4, 0.5) is 5.69 Å². The summed E-state index contributed by atoms with van der Waals surface area (Å²) in [5.41, 5.74) is 3.55. The van der Waals surface area contributed by atoms with Crippen LogP contribution in [0.1, 0.15) is 24.8 Å². The van der Waals surface area contributed by atoms with Crippen LogP contribution in [0.5, 0.6) is 0 Å². The standard InChI is InChI=1S/C24H25N2O2S2/c1-4-28-24(27)14-13-17(15-22-25(2)18-9-5-7-11-20(18)29-22)16-23-26(3)19-10-6-8-12-21(19)30-23/h5-12,15-16H,4,13-14H2,1-3H3/q+1. The average Bonchev–Trinajstić information content (AvgIpc) is 3.24. The van der Waals surface area contributed by atoms with Gasteiger partial charge in [0, 0.05) is 30.5 Å². The van der Waals surface area contributed by atoms with Crippen molar-refractivity contribution in [1.82, 2.24) is 0 Å². The molecule has 3 aromatic rings. The van der Waals surface area contributed by atoms with Gasteiger partial charge in [-0.05, 0) is 43.2 Å². The van der Waals surface area contributed by atoms with Gasteiger partial charge >= 0.3 is 5.97 Å².